The molecule has 3 N–H and O–H groups in total. The highest BCUT2D eigenvalue weighted by atomic mass is 32.1. The van der Waals surface area contributed by atoms with Crippen LogP contribution in [0.15, 0.2) is 16.6 Å². The maximum Gasteiger partial charge on any atom is 0.212 e. The highest BCUT2D eigenvalue weighted by Gasteiger charge is 1.94. The molecular weight excluding hydrogens is 212 g/mol. The fourth-order valence-electron chi connectivity index (χ4n) is 0.918. The van der Waals surface area contributed by atoms with Gasteiger partial charge in [0.05, 0.1) is 0 Å². The molecular formula is C9H13N4OS. The number of aldehydes is 1. The van der Waals surface area contributed by atoms with E-state index in [2.05, 4.69) is 15.3 Å². The maximum atomic E-state index is 9.98. The number of nitrogens with two attached hydrogens (primary N) is 1. The number of unbranched alkanes of at least 4 members (excludes halogenated alkanes) is 2. The van der Waals surface area contributed by atoms with Gasteiger partial charge in [-0.25, -0.2) is 4.98 Å². The quantitative estimate of drug-likeness (QED) is 0.326. The molecule has 1 heterocycles. The fourth-order valence-corrected chi connectivity index (χ4v) is 1.43. The SMILES string of the molecule is NC(=Nc1nccs1)NCCC[CH]C=O. The summed E-state index contributed by atoms with van der Waals surface area (Å²) in [4.78, 5) is 18.0. The molecule has 0 bridgehead atoms. The second kappa shape index (κ2) is 6.94. The normalized spacial score (nSPS) is 11.3. The molecule has 0 aliphatic carbocycles. The number of carbonyl (C=O) groups is 1. The van der Waals surface area contributed by atoms with Crippen LogP contribution >= 0.6 is 11.3 Å². The second-order valence-electron chi connectivity index (χ2n) is 2.75. The van der Waals surface area contributed by atoms with E-state index >= 15 is 0 Å². The van der Waals surface area contributed by atoms with Gasteiger partial charge in [0.15, 0.2) is 5.96 Å². The molecule has 0 saturated carbocycles. The van der Waals surface area contributed by atoms with Crippen molar-refractivity contribution in [2.75, 3.05) is 6.54 Å². The van der Waals surface area contributed by atoms with E-state index in [1.807, 2.05) is 5.38 Å². The first-order valence-corrected chi connectivity index (χ1v) is 5.45. The zero-order chi connectivity index (χ0) is 10.9. The van der Waals surface area contributed by atoms with E-state index in [1.54, 1.807) is 12.6 Å². The Morgan fingerprint density at radius 3 is 3.27 bits per heavy atom. The molecule has 1 rings (SSSR count). The number of nitrogens with zero attached hydrogens (tertiary/aromatic N) is 2. The fraction of sp³-hybridized carbons (Fsp3) is 0.333. The molecule has 0 aliphatic heterocycles. The van der Waals surface area contributed by atoms with E-state index in [1.165, 1.54) is 11.3 Å². The molecule has 0 spiro atoms. The summed E-state index contributed by atoms with van der Waals surface area (Å²) in [6.45, 7) is 0.699. The molecule has 0 saturated heterocycles. The minimum atomic E-state index is 0.357. The Kier molecular flexibility index (Phi) is 5.39. The predicted octanol–water partition coefficient (Wildman–Crippen LogP) is 0.862. The highest BCUT2D eigenvalue weighted by molar-refractivity contribution is 7.13. The first-order valence-electron chi connectivity index (χ1n) is 4.57. The summed E-state index contributed by atoms with van der Waals surface area (Å²) >= 11 is 1.43. The van der Waals surface area contributed by atoms with Gasteiger partial charge in [-0.3, -0.25) is 0 Å². The van der Waals surface area contributed by atoms with Crippen molar-refractivity contribution in [3.8, 4) is 0 Å². The topological polar surface area (TPSA) is 80.4 Å². The Morgan fingerprint density at radius 1 is 1.73 bits per heavy atom. The summed E-state index contributed by atoms with van der Waals surface area (Å²) in [5.41, 5.74) is 5.61. The molecule has 0 amide bonds. The lowest BCUT2D eigenvalue weighted by atomic mass is 10.2. The van der Waals surface area contributed by atoms with Crippen LogP contribution in [0.25, 0.3) is 0 Å². The van der Waals surface area contributed by atoms with Crippen molar-refractivity contribution in [1.82, 2.24) is 10.3 Å². The van der Waals surface area contributed by atoms with E-state index in [0.717, 1.165) is 19.1 Å². The number of carbonyl (C=O) groups excluding carboxylic acids is 1. The largest absolute Gasteiger partial charge is 0.370 e. The first-order chi connectivity index (χ1) is 7.33. The van der Waals surface area contributed by atoms with Crippen molar-refractivity contribution in [3.63, 3.8) is 0 Å². The second-order valence-corrected chi connectivity index (χ2v) is 3.63. The third-order valence-electron chi connectivity index (χ3n) is 1.59. The van der Waals surface area contributed by atoms with Crippen LogP contribution in [0.2, 0.25) is 0 Å². The maximum absolute atomic E-state index is 9.98. The molecule has 5 nitrogen and oxygen atoms in total. The van der Waals surface area contributed by atoms with Crippen molar-refractivity contribution in [2.45, 2.75) is 12.8 Å². The van der Waals surface area contributed by atoms with Gasteiger partial charge in [0.2, 0.25) is 5.13 Å². The average Bonchev–Trinajstić information content (AvgIpc) is 2.70. The Bertz CT molecular complexity index is 310. The smallest absolute Gasteiger partial charge is 0.212 e. The summed E-state index contributed by atoms with van der Waals surface area (Å²) in [5, 5.41) is 5.42. The van der Waals surface area contributed by atoms with Gasteiger partial charge in [0, 0.05) is 24.5 Å². The van der Waals surface area contributed by atoms with Crippen molar-refractivity contribution < 1.29 is 4.79 Å². The van der Waals surface area contributed by atoms with Crippen LogP contribution in [0.5, 0.6) is 0 Å². The molecule has 0 aliphatic rings. The van der Waals surface area contributed by atoms with E-state index in [-0.39, 0.29) is 0 Å². The number of nitrogens with one attached hydrogen (secondary N) is 1. The Hall–Kier alpha value is -1.43. The molecule has 1 aromatic rings. The Balaban J connectivity index is 2.18. The van der Waals surface area contributed by atoms with E-state index in [4.69, 9.17) is 5.73 Å². The zero-order valence-electron chi connectivity index (χ0n) is 8.22. The summed E-state index contributed by atoms with van der Waals surface area (Å²) in [5.74, 6) is 0.357. The monoisotopic (exact) mass is 225 g/mol. The minimum absolute atomic E-state index is 0.357. The van der Waals surface area contributed by atoms with Crippen molar-refractivity contribution in [2.24, 2.45) is 10.7 Å². The van der Waals surface area contributed by atoms with Crippen LogP contribution < -0.4 is 11.1 Å². The molecule has 15 heavy (non-hydrogen) atoms. The molecule has 1 radical (unpaired) electrons. The molecule has 0 fully saturated rings. The highest BCUT2D eigenvalue weighted by Crippen LogP contribution is 2.13. The van der Waals surface area contributed by atoms with E-state index in [9.17, 15) is 4.79 Å². The van der Waals surface area contributed by atoms with Crippen molar-refractivity contribution >= 4 is 28.7 Å². The summed E-state index contributed by atoms with van der Waals surface area (Å²) in [7, 11) is 0. The Labute approximate surface area is 92.4 Å². The molecule has 0 aromatic carbocycles. The van der Waals surface area contributed by atoms with Crippen LogP contribution in [-0.4, -0.2) is 23.8 Å². The first kappa shape index (κ1) is 11.6. The lowest BCUT2D eigenvalue weighted by molar-refractivity contribution is -0.105. The zero-order valence-corrected chi connectivity index (χ0v) is 9.04. The third-order valence-corrected chi connectivity index (χ3v) is 2.25. The van der Waals surface area contributed by atoms with Gasteiger partial charge in [-0.2, -0.15) is 4.99 Å². The van der Waals surface area contributed by atoms with Gasteiger partial charge in [-0.05, 0) is 12.8 Å². The van der Waals surface area contributed by atoms with Crippen molar-refractivity contribution in [3.05, 3.63) is 18.0 Å². The van der Waals surface area contributed by atoms with Gasteiger partial charge < -0.3 is 15.8 Å². The number of aromatic nitrogens is 1. The number of thiazole rings is 1. The molecule has 1 aromatic heterocycles. The molecule has 6 heteroatoms. The van der Waals surface area contributed by atoms with Gasteiger partial charge in [-0.1, -0.05) is 0 Å². The Morgan fingerprint density at radius 2 is 2.60 bits per heavy atom. The molecule has 0 atom stereocenters. The summed E-state index contributed by atoms with van der Waals surface area (Å²) < 4.78 is 0. The predicted molar refractivity (Wildman–Crippen MR) is 61.0 cm³/mol. The van der Waals surface area contributed by atoms with Crippen LogP contribution in [0, 0.1) is 6.42 Å². The number of hydrogen-bond acceptors (Lipinski definition) is 4. The van der Waals surface area contributed by atoms with Crippen LogP contribution in [0.4, 0.5) is 5.13 Å². The van der Waals surface area contributed by atoms with Gasteiger partial charge >= 0.3 is 0 Å². The summed E-state index contributed by atoms with van der Waals surface area (Å²) in [6, 6.07) is 0. The number of guanidine groups is 1. The molecule has 0 unspecified atom stereocenters. The average molecular weight is 225 g/mol. The van der Waals surface area contributed by atoms with Crippen LogP contribution in [0.1, 0.15) is 12.8 Å². The van der Waals surface area contributed by atoms with Gasteiger partial charge in [0.25, 0.3) is 0 Å². The number of aliphatic imine (C=N–C) groups is 1. The van der Waals surface area contributed by atoms with E-state index in [0.29, 0.717) is 17.6 Å². The van der Waals surface area contributed by atoms with Crippen LogP contribution in [-0.2, 0) is 4.79 Å². The number of hydrogen-bond donors (Lipinski definition) is 2. The number of rotatable bonds is 6. The third kappa shape index (κ3) is 5.11. The van der Waals surface area contributed by atoms with Gasteiger partial charge in [0.1, 0.15) is 6.29 Å². The lowest BCUT2D eigenvalue weighted by Gasteiger charge is -2.02. The minimum Gasteiger partial charge on any atom is -0.370 e. The molecule has 81 valence electrons. The lowest BCUT2D eigenvalue weighted by Crippen LogP contribution is -2.31. The van der Waals surface area contributed by atoms with Crippen molar-refractivity contribution in [1.29, 1.82) is 0 Å². The van der Waals surface area contributed by atoms with Gasteiger partial charge in [-0.15, -0.1) is 11.3 Å². The van der Waals surface area contributed by atoms with E-state index < -0.39 is 0 Å². The standard InChI is InChI=1S/C9H13N4OS/c10-8(11-4-2-1-3-6-14)13-9-12-5-7-15-9/h3,5-7H,1-2,4H2,(H3,10,11,12,13). The van der Waals surface area contributed by atoms with Crippen LogP contribution in [0.3, 0.4) is 0 Å². The summed E-state index contributed by atoms with van der Waals surface area (Å²) in [6.07, 6.45) is 5.66.